The van der Waals surface area contributed by atoms with Gasteiger partial charge in [-0.05, 0) is 32.0 Å². The third kappa shape index (κ3) is 3.11. The number of ether oxygens (including phenoxy) is 2. The van der Waals surface area contributed by atoms with Gasteiger partial charge in [-0.15, -0.1) is 0 Å². The molecule has 2 rings (SSSR count). The fourth-order valence-corrected chi connectivity index (χ4v) is 2.06. The Balaban J connectivity index is 2.21. The van der Waals surface area contributed by atoms with Gasteiger partial charge >= 0.3 is 0 Å². The largest absolute Gasteiger partial charge is 0.497 e. The van der Waals surface area contributed by atoms with Gasteiger partial charge in [0.15, 0.2) is 0 Å². The Morgan fingerprint density at radius 3 is 2.65 bits per heavy atom. The fourth-order valence-electron chi connectivity index (χ4n) is 2.06. The molecule has 5 nitrogen and oxygen atoms in total. The van der Waals surface area contributed by atoms with E-state index in [-0.39, 0.29) is 0 Å². The number of aryl methyl sites for hydroxylation is 2. The predicted molar refractivity (Wildman–Crippen MR) is 75.9 cm³/mol. The summed E-state index contributed by atoms with van der Waals surface area (Å²) in [5, 5.41) is 14.1. The van der Waals surface area contributed by atoms with Crippen LogP contribution in [0.2, 0.25) is 0 Å². The van der Waals surface area contributed by atoms with E-state index in [2.05, 4.69) is 5.10 Å². The van der Waals surface area contributed by atoms with Crippen LogP contribution in [0.15, 0.2) is 24.3 Å². The Labute approximate surface area is 118 Å². The summed E-state index contributed by atoms with van der Waals surface area (Å²) in [4.78, 5) is 0. The van der Waals surface area contributed by atoms with E-state index in [1.54, 1.807) is 24.8 Å². The van der Waals surface area contributed by atoms with Crippen molar-refractivity contribution in [2.24, 2.45) is 7.05 Å². The maximum Gasteiger partial charge on any atom is 0.130 e. The SMILES string of the molecule is COc1ccc(C(C)O)c(OCc2cc(C)nn2C)c1. The smallest absolute Gasteiger partial charge is 0.130 e. The van der Waals surface area contributed by atoms with Crippen LogP contribution in [0.3, 0.4) is 0 Å². The Bertz CT molecular complexity index is 591. The average molecular weight is 276 g/mol. The van der Waals surface area contributed by atoms with E-state index in [0.29, 0.717) is 18.1 Å². The van der Waals surface area contributed by atoms with Gasteiger partial charge < -0.3 is 14.6 Å². The van der Waals surface area contributed by atoms with Crippen LogP contribution in [0.4, 0.5) is 0 Å². The van der Waals surface area contributed by atoms with Crippen molar-refractivity contribution in [1.29, 1.82) is 0 Å². The first kappa shape index (κ1) is 14.4. The van der Waals surface area contributed by atoms with Gasteiger partial charge in [-0.2, -0.15) is 5.10 Å². The summed E-state index contributed by atoms with van der Waals surface area (Å²) in [7, 11) is 3.48. The minimum atomic E-state index is -0.593. The highest BCUT2D eigenvalue weighted by atomic mass is 16.5. The Hall–Kier alpha value is -2.01. The van der Waals surface area contributed by atoms with Crippen molar-refractivity contribution in [3.63, 3.8) is 0 Å². The van der Waals surface area contributed by atoms with Crippen LogP contribution in [0.25, 0.3) is 0 Å². The minimum Gasteiger partial charge on any atom is -0.497 e. The second-order valence-corrected chi connectivity index (χ2v) is 4.77. The zero-order valence-corrected chi connectivity index (χ0v) is 12.3. The van der Waals surface area contributed by atoms with Gasteiger partial charge in [0.2, 0.25) is 0 Å². The Morgan fingerprint density at radius 1 is 1.35 bits per heavy atom. The molecule has 108 valence electrons. The molecule has 0 saturated carbocycles. The molecule has 1 N–H and O–H groups in total. The Kier molecular flexibility index (Phi) is 4.29. The molecule has 0 saturated heterocycles. The zero-order chi connectivity index (χ0) is 14.7. The van der Waals surface area contributed by atoms with Crippen LogP contribution in [0.5, 0.6) is 11.5 Å². The van der Waals surface area contributed by atoms with E-state index in [9.17, 15) is 5.11 Å². The van der Waals surface area contributed by atoms with Crippen molar-refractivity contribution in [2.75, 3.05) is 7.11 Å². The highest BCUT2D eigenvalue weighted by Crippen LogP contribution is 2.30. The van der Waals surface area contributed by atoms with Gasteiger partial charge in [0.05, 0.1) is 24.6 Å². The van der Waals surface area contributed by atoms with Gasteiger partial charge in [-0.1, -0.05) is 0 Å². The number of hydrogen-bond donors (Lipinski definition) is 1. The summed E-state index contributed by atoms with van der Waals surface area (Å²) >= 11 is 0. The van der Waals surface area contributed by atoms with E-state index in [1.165, 1.54) is 0 Å². The average Bonchev–Trinajstić information content (AvgIpc) is 2.74. The van der Waals surface area contributed by atoms with E-state index in [0.717, 1.165) is 17.0 Å². The van der Waals surface area contributed by atoms with E-state index in [1.807, 2.05) is 32.2 Å². The second-order valence-electron chi connectivity index (χ2n) is 4.77. The number of methoxy groups -OCH3 is 1. The number of nitrogens with zero attached hydrogens (tertiary/aromatic N) is 2. The number of rotatable bonds is 5. The molecule has 0 aliphatic heterocycles. The fraction of sp³-hybridized carbons (Fsp3) is 0.400. The van der Waals surface area contributed by atoms with Crippen LogP contribution in [-0.2, 0) is 13.7 Å². The first-order chi connectivity index (χ1) is 9.51. The summed E-state index contributed by atoms with van der Waals surface area (Å²) in [5.41, 5.74) is 2.67. The number of benzene rings is 1. The molecule has 0 amide bonds. The first-order valence-corrected chi connectivity index (χ1v) is 6.49. The summed E-state index contributed by atoms with van der Waals surface area (Å²) in [6, 6.07) is 7.38. The van der Waals surface area contributed by atoms with Crippen molar-refractivity contribution >= 4 is 0 Å². The normalized spacial score (nSPS) is 12.2. The molecule has 0 spiro atoms. The third-order valence-corrected chi connectivity index (χ3v) is 3.15. The maximum absolute atomic E-state index is 9.79. The van der Waals surface area contributed by atoms with Crippen LogP contribution in [0.1, 0.15) is 30.0 Å². The molecule has 1 aromatic carbocycles. The zero-order valence-electron chi connectivity index (χ0n) is 12.3. The lowest BCUT2D eigenvalue weighted by molar-refractivity contribution is 0.189. The predicted octanol–water partition coefficient (Wildman–Crippen LogP) is 2.37. The standard InChI is InChI=1S/C15H20N2O3/c1-10-7-12(17(3)16-10)9-20-15-8-13(19-4)5-6-14(15)11(2)18/h5-8,11,18H,9H2,1-4H3. The lowest BCUT2D eigenvalue weighted by Crippen LogP contribution is -2.05. The maximum atomic E-state index is 9.79. The molecular formula is C15H20N2O3. The summed E-state index contributed by atoms with van der Waals surface area (Å²) in [6.07, 6.45) is -0.593. The summed E-state index contributed by atoms with van der Waals surface area (Å²) in [5.74, 6) is 1.32. The highest BCUT2D eigenvalue weighted by Gasteiger charge is 2.12. The molecule has 0 aliphatic rings. The quantitative estimate of drug-likeness (QED) is 0.911. The molecule has 20 heavy (non-hydrogen) atoms. The van der Waals surface area contributed by atoms with E-state index in [4.69, 9.17) is 9.47 Å². The Morgan fingerprint density at radius 2 is 2.10 bits per heavy atom. The van der Waals surface area contributed by atoms with Gasteiger partial charge in [0.25, 0.3) is 0 Å². The number of hydrogen-bond acceptors (Lipinski definition) is 4. The van der Waals surface area contributed by atoms with Gasteiger partial charge in [0.1, 0.15) is 18.1 Å². The summed E-state index contributed by atoms with van der Waals surface area (Å²) in [6.45, 7) is 4.05. The van der Waals surface area contributed by atoms with Crippen molar-refractivity contribution in [1.82, 2.24) is 9.78 Å². The number of aliphatic hydroxyl groups excluding tert-OH is 1. The first-order valence-electron chi connectivity index (χ1n) is 6.49. The molecule has 0 aliphatic carbocycles. The van der Waals surface area contributed by atoms with Crippen molar-refractivity contribution < 1.29 is 14.6 Å². The molecule has 1 heterocycles. The van der Waals surface area contributed by atoms with Crippen LogP contribution >= 0.6 is 0 Å². The molecule has 1 unspecified atom stereocenters. The topological polar surface area (TPSA) is 56.5 Å². The number of aromatic nitrogens is 2. The molecular weight excluding hydrogens is 256 g/mol. The molecule has 1 aromatic heterocycles. The monoisotopic (exact) mass is 276 g/mol. The minimum absolute atomic E-state index is 0.393. The lowest BCUT2D eigenvalue weighted by atomic mass is 10.1. The highest BCUT2D eigenvalue weighted by molar-refractivity contribution is 5.41. The van der Waals surface area contributed by atoms with Crippen molar-refractivity contribution in [2.45, 2.75) is 26.6 Å². The van der Waals surface area contributed by atoms with Gasteiger partial charge in [-0.3, -0.25) is 4.68 Å². The van der Waals surface area contributed by atoms with Gasteiger partial charge in [0, 0.05) is 18.7 Å². The van der Waals surface area contributed by atoms with E-state index < -0.39 is 6.10 Å². The van der Waals surface area contributed by atoms with Crippen LogP contribution in [0, 0.1) is 6.92 Å². The molecule has 2 aromatic rings. The number of aliphatic hydroxyl groups is 1. The molecule has 0 fully saturated rings. The van der Waals surface area contributed by atoms with E-state index >= 15 is 0 Å². The molecule has 1 atom stereocenters. The van der Waals surface area contributed by atoms with Crippen molar-refractivity contribution in [3.8, 4) is 11.5 Å². The van der Waals surface area contributed by atoms with Crippen LogP contribution < -0.4 is 9.47 Å². The van der Waals surface area contributed by atoms with Crippen molar-refractivity contribution in [3.05, 3.63) is 41.2 Å². The van der Waals surface area contributed by atoms with Crippen LogP contribution in [-0.4, -0.2) is 22.0 Å². The summed E-state index contributed by atoms with van der Waals surface area (Å²) < 4.78 is 12.8. The second kappa shape index (κ2) is 5.96. The van der Waals surface area contributed by atoms with Gasteiger partial charge in [-0.25, -0.2) is 0 Å². The lowest BCUT2D eigenvalue weighted by Gasteiger charge is -2.14. The molecule has 5 heteroatoms. The molecule has 0 radical (unpaired) electrons. The molecule has 0 bridgehead atoms. The third-order valence-electron chi connectivity index (χ3n) is 3.15.